The topological polar surface area (TPSA) is 242 Å². The SMILES string of the molecule is NC(N)=NCCCC(NC(=O)C(N)Cc1c[nH]c2ccccc12)C(=O)NC(CO)C(=O)N1CCCC1C(=O)O. The fraction of sp³-hybridized carbons (Fsp3) is 0.480. The predicted molar refractivity (Wildman–Crippen MR) is 143 cm³/mol. The molecule has 4 atom stereocenters. The highest BCUT2D eigenvalue weighted by Gasteiger charge is 2.38. The zero-order valence-corrected chi connectivity index (χ0v) is 21.5. The Bertz CT molecular complexity index is 1210. The summed E-state index contributed by atoms with van der Waals surface area (Å²) < 4.78 is 0. The number of benzene rings is 1. The van der Waals surface area contributed by atoms with Crippen LogP contribution in [0.1, 0.15) is 31.2 Å². The smallest absolute Gasteiger partial charge is 0.326 e. The molecule has 1 aliphatic rings. The third-order valence-corrected chi connectivity index (χ3v) is 6.65. The number of aliphatic imine (C=N–C) groups is 1. The van der Waals surface area contributed by atoms with Gasteiger partial charge in [-0.2, -0.15) is 0 Å². The van der Waals surface area contributed by atoms with Crippen LogP contribution in [-0.4, -0.2) is 93.6 Å². The molecular formula is C25H36N8O6. The number of aromatic amines is 1. The van der Waals surface area contributed by atoms with Gasteiger partial charge in [0.05, 0.1) is 12.6 Å². The summed E-state index contributed by atoms with van der Waals surface area (Å²) in [6.45, 7) is -0.356. The van der Waals surface area contributed by atoms with Gasteiger partial charge in [-0.25, -0.2) is 4.79 Å². The molecule has 1 fully saturated rings. The van der Waals surface area contributed by atoms with Crippen molar-refractivity contribution in [3.05, 3.63) is 36.0 Å². The number of likely N-dealkylation sites (tertiary alicyclic amines) is 1. The van der Waals surface area contributed by atoms with Gasteiger partial charge in [0, 0.05) is 30.2 Å². The number of rotatable bonds is 13. The number of aliphatic hydroxyl groups excluding tert-OH is 1. The lowest BCUT2D eigenvalue weighted by Gasteiger charge is -2.28. The van der Waals surface area contributed by atoms with E-state index in [1.807, 2.05) is 24.3 Å². The lowest BCUT2D eigenvalue weighted by molar-refractivity contribution is -0.150. The molecule has 0 bridgehead atoms. The van der Waals surface area contributed by atoms with Crippen LogP contribution < -0.4 is 27.8 Å². The number of para-hydroxylation sites is 1. The molecule has 2 aromatic rings. The van der Waals surface area contributed by atoms with Crippen molar-refractivity contribution in [3.63, 3.8) is 0 Å². The van der Waals surface area contributed by atoms with Crippen LogP contribution in [0.25, 0.3) is 10.9 Å². The maximum atomic E-state index is 13.2. The van der Waals surface area contributed by atoms with Crippen LogP contribution in [0.2, 0.25) is 0 Å². The normalized spacial score (nSPS) is 17.3. The van der Waals surface area contributed by atoms with Gasteiger partial charge in [-0.05, 0) is 43.7 Å². The van der Waals surface area contributed by atoms with Crippen LogP contribution in [0, 0.1) is 0 Å². The number of amides is 3. The number of hydrogen-bond donors (Lipinski definition) is 8. The molecule has 3 rings (SSSR count). The standard InChI is InChI=1S/C25H36N8O6/c26-16(11-14-12-30-17-6-2-1-5-15(14)17)21(35)31-18(7-3-9-29-25(27)28)22(36)32-19(13-34)23(37)33-10-4-8-20(33)24(38)39/h1-2,5-6,12,16,18-20,30,34H,3-4,7-11,13,26H2,(H,31,35)(H,32,36)(H,38,39)(H4,27,28,29). The molecule has 3 amide bonds. The van der Waals surface area contributed by atoms with Crippen LogP contribution >= 0.6 is 0 Å². The Morgan fingerprint density at radius 3 is 2.54 bits per heavy atom. The van der Waals surface area contributed by atoms with Crippen molar-refractivity contribution >= 4 is 40.6 Å². The largest absolute Gasteiger partial charge is 0.480 e. The van der Waals surface area contributed by atoms with Gasteiger partial charge >= 0.3 is 5.97 Å². The Balaban J connectivity index is 1.68. The van der Waals surface area contributed by atoms with Crippen LogP contribution in [0.5, 0.6) is 0 Å². The number of hydrogen-bond acceptors (Lipinski definition) is 7. The molecule has 1 saturated heterocycles. The van der Waals surface area contributed by atoms with Gasteiger partial charge in [-0.15, -0.1) is 0 Å². The summed E-state index contributed by atoms with van der Waals surface area (Å²) in [6, 6.07) is 3.08. The molecule has 14 heteroatoms. The molecule has 11 N–H and O–H groups in total. The van der Waals surface area contributed by atoms with Gasteiger partial charge in [-0.3, -0.25) is 19.4 Å². The number of carbonyl (C=O) groups excluding carboxylic acids is 3. The molecule has 4 unspecified atom stereocenters. The summed E-state index contributed by atoms with van der Waals surface area (Å²) >= 11 is 0. The zero-order valence-electron chi connectivity index (χ0n) is 21.5. The molecule has 0 aliphatic carbocycles. The highest BCUT2D eigenvalue weighted by Crippen LogP contribution is 2.20. The van der Waals surface area contributed by atoms with Gasteiger partial charge in [-0.1, -0.05) is 18.2 Å². The van der Waals surface area contributed by atoms with E-state index in [1.165, 1.54) is 0 Å². The molecular weight excluding hydrogens is 508 g/mol. The average molecular weight is 545 g/mol. The minimum Gasteiger partial charge on any atom is -0.480 e. The summed E-state index contributed by atoms with van der Waals surface area (Å²) in [7, 11) is 0. The van der Waals surface area contributed by atoms with Crippen LogP contribution in [0.15, 0.2) is 35.5 Å². The monoisotopic (exact) mass is 544 g/mol. The van der Waals surface area contributed by atoms with Gasteiger partial charge in [0.2, 0.25) is 17.7 Å². The van der Waals surface area contributed by atoms with Crippen molar-refractivity contribution in [2.75, 3.05) is 19.7 Å². The number of H-pyrrole nitrogens is 1. The van der Waals surface area contributed by atoms with Gasteiger partial charge in [0.15, 0.2) is 5.96 Å². The molecule has 1 aromatic heterocycles. The van der Waals surface area contributed by atoms with E-state index in [2.05, 4.69) is 20.6 Å². The molecule has 1 aromatic carbocycles. The average Bonchev–Trinajstić information content (AvgIpc) is 3.56. The first kappa shape index (κ1) is 29.4. The number of carboxylic acids is 1. The van der Waals surface area contributed by atoms with Crippen molar-refractivity contribution in [2.45, 2.75) is 56.3 Å². The second kappa shape index (κ2) is 13.6. The molecule has 1 aliphatic heterocycles. The second-order valence-corrected chi connectivity index (χ2v) is 9.45. The van der Waals surface area contributed by atoms with Crippen LogP contribution in [0.4, 0.5) is 0 Å². The van der Waals surface area contributed by atoms with Crippen molar-refractivity contribution in [1.29, 1.82) is 0 Å². The first-order valence-corrected chi connectivity index (χ1v) is 12.7. The van der Waals surface area contributed by atoms with E-state index in [0.717, 1.165) is 21.4 Å². The maximum Gasteiger partial charge on any atom is 0.326 e. The summed E-state index contributed by atoms with van der Waals surface area (Å²) in [4.78, 5) is 58.7. The van der Waals surface area contributed by atoms with Crippen molar-refractivity contribution in [3.8, 4) is 0 Å². The Morgan fingerprint density at radius 1 is 1.13 bits per heavy atom. The molecule has 212 valence electrons. The Kier molecular flexibility index (Phi) is 10.2. The zero-order chi connectivity index (χ0) is 28.5. The van der Waals surface area contributed by atoms with Crippen molar-refractivity contribution in [2.24, 2.45) is 22.2 Å². The summed E-state index contributed by atoms with van der Waals surface area (Å²) in [5.74, 6) is -3.30. The number of nitrogens with one attached hydrogen (secondary N) is 3. The number of carboxylic acid groups (broad SMARTS) is 1. The number of carbonyl (C=O) groups is 4. The number of aliphatic hydroxyl groups is 1. The van der Waals surface area contributed by atoms with Crippen molar-refractivity contribution < 1.29 is 29.4 Å². The number of nitrogens with zero attached hydrogens (tertiary/aromatic N) is 2. The lowest BCUT2D eigenvalue weighted by atomic mass is 10.0. The Labute approximate surface area is 225 Å². The molecule has 39 heavy (non-hydrogen) atoms. The first-order valence-electron chi connectivity index (χ1n) is 12.7. The number of aromatic nitrogens is 1. The first-order chi connectivity index (χ1) is 18.6. The summed E-state index contributed by atoms with van der Waals surface area (Å²) in [5, 5.41) is 25.2. The molecule has 0 spiro atoms. The third kappa shape index (κ3) is 7.67. The van der Waals surface area contributed by atoms with Crippen LogP contribution in [0.3, 0.4) is 0 Å². The molecule has 0 saturated carbocycles. The highest BCUT2D eigenvalue weighted by molar-refractivity contribution is 5.94. The lowest BCUT2D eigenvalue weighted by Crippen LogP contribution is -2.58. The minimum absolute atomic E-state index is 0.113. The van der Waals surface area contributed by atoms with E-state index in [-0.39, 0.29) is 38.3 Å². The van der Waals surface area contributed by atoms with Gasteiger partial charge in [0.1, 0.15) is 18.1 Å². The Morgan fingerprint density at radius 2 is 1.85 bits per heavy atom. The van der Waals surface area contributed by atoms with E-state index in [4.69, 9.17) is 17.2 Å². The van der Waals surface area contributed by atoms with Crippen LogP contribution in [-0.2, 0) is 25.6 Å². The molecule has 2 heterocycles. The fourth-order valence-electron chi connectivity index (χ4n) is 4.63. The van der Waals surface area contributed by atoms with E-state index in [0.29, 0.717) is 12.8 Å². The number of nitrogens with two attached hydrogens (primary N) is 3. The van der Waals surface area contributed by atoms with Gasteiger partial charge in [0.25, 0.3) is 0 Å². The molecule has 14 nitrogen and oxygen atoms in total. The summed E-state index contributed by atoms with van der Waals surface area (Å²) in [6.07, 6.45) is 3.19. The minimum atomic E-state index is -1.38. The quantitative estimate of drug-likeness (QED) is 0.0798. The Hall–Kier alpha value is -4.17. The third-order valence-electron chi connectivity index (χ3n) is 6.65. The van der Waals surface area contributed by atoms with E-state index < -0.39 is 54.5 Å². The molecule has 0 radical (unpaired) electrons. The maximum absolute atomic E-state index is 13.2. The second-order valence-electron chi connectivity index (χ2n) is 9.45. The number of aliphatic carboxylic acids is 1. The van der Waals surface area contributed by atoms with E-state index in [1.54, 1.807) is 6.20 Å². The predicted octanol–water partition coefficient (Wildman–Crippen LogP) is -1.87. The van der Waals surface area contributed by atoms with Crippen molar-refractivity contribution in [1.82, 2.24) is 20.5 Å². The summed E-state index contributed by atoms with van der Waals surface area (Å²) in [5.41, 5.74) is 18.6. The van der Waals surface area contributed by atoms with E-state index in [9.17, 15) is 29.4 Å². The number of guanidine groups is 1. The number of fused-ring (bicyclic) bond motifs is 1. The van der Waals surface area contributed by atoms with E-state index >= 15 is 0 Å². The fourth-order valence-corrected chi connectivity index (χ4v) is 4.63. The highest BCUT2D eigenvalue weighted by atomic mass is 16.4. The van der Waals surface area contributed by atoms with Gasteiger partial charge < -0.3 is 47.9 Å².